The van der Waals surface area contributed by atoms with Crippen LogP contribution < -0.4 is 15.5 Å². The highest BCUT2D eigenvalue weighted by molar-refractivity contribution is 7.15. The first-order valence-corrected chi connectivity index (χ1v) is 9.15. The van der Waals surface area contributed by atoms with Crippen LogP contribution in [-0.2, 0) is 6.54 Å². The van der Waals surface area contributed by atoms with Crippen molar-refractivity contribution >= 4 is 28.2 Å². The zero-order valence-corrected chi connectivity index (χ0v) is 14.9. The first kappa shape index (κ1) is 16.7. The fourth-order valence-electron chi connectivity index (χ4n) is 2.64. The average Bonchev–Trinajstić information content (AvgIpc) is 3.25. The van der Waals surface area contributed by atoms with Crippen LogP contribution in [0.4, 0.5) is 15.6 Å². The lowest BCUT2D eigenvalue weighted by Gasteiger charge is -2.17. The third-order valence-electron chi connectivity index (χ3n) is 4.02. The quantitative estimate of drug-likeness (QED) is 0.869. The van der Waals surface area contributed by atoms with E-state index >= 15 is 0 Å². The highest BCUT2D eigenvalue weighted by Crippen LogP contribution is 2.22. The van der Waals surface area contributed by atoms with E-state index in [1.165, 1.54) is 29.9 Å². The van der Waals surface area contributed by atoms with E-state index in [-0.39, 0.29) is 6.03 Å². The van der Waals surface area contributed by atoms with E-state index in [1.807, 2.05) is 0 Å². The molecule has 1 aliphatic heterocycles. The fraction of sp³-hybridized carbons (Fsp3) is 0.471. The van der Waals surface area contributed by atoms with Gasteiger partial charge in [-0.3, -0.25) is 5.32 Å². The molecule has 0 radical (unpaired) electrons. The standard InChI is InChI=1S/C17H23N5OS/c1-12(2)15-20-21-17(24-15)19-16(23)18-11-13-5-7-14(8-6-13)22-9-3-4-10-22/h5-8,12H,3-4,9-11H2,1-2H3,(H2,18,19,21,23). The molecule has 0 unspecified atom stereocenters. The van der Waals surface area contributed by atoms with E-state index in [0.717, 1.165) is 23.7 Å². The van der Waals surface area contributed by atoms with Gasteiger partial charge >= 0.3 is 6.03 Å². The maximum Gasteiger partial charge on any atom is 0.321 e. The molecule has 2 heterocycles. The summed E-state index contributed by atoms with van der Waals surface area (Å²) >= 11 is 1.41. The van der Waals surface area contributed by atoms with Gasteiger partial charge in [-0.25, -0.2) is 4.79 Å². The predicted octanol–water partition coefficient (Wildman–Crippen LogP) is 3.58. The molecule has 3 rings (SSSR count). The van der Waals surface area contributed by atoms with Crippen molar-refractivity contribution in [2.45, 2.75) is 39.2 Å². The number of amides is 2. The first-order valence-electron chi connectivity index (χ1n) is 8.34. The molecule has 24 heavy (non-hydrogen) atoms. The minimum atomic E-state index is -0.259. The van der Waals surface area contributed by atoms with E-state index < -0.39 is 0 Å². The Morgan fingerprint density at radius 1 is 1.21 bits per heavy atom. The Bertz CT molecular complexity index is 677. The van der Waals surface area contributed by atoms with Gasteiger partial charge in [0.25, 0.3) is 0 Å². The number of benzene rings is 1. The number of nitrogens with one attached hydrogen (secondary N) is 2. The number of nitrogens with zero attached hydrogens (tertiary/aromatic N) is 3. The zero-order chi connectivity index (χ0) is 16.9. The minimum Gasteiger partial charge on any atom is -0.372 e. The summed E-state index contributed by atoms with van der Waals surface area (Å²) in [6.07, 6.45) is 2.54. The van der Waals surface area contributed by atoms with Crippen molar-refractivity contribution in [2.24, 2.45) is 0 Å². The molecule has 1 aromatic heterocycles. The summed E-state index contributed by atoms with van der Waals surface area (Å²) in [5.74, 6) is 0.315. The van der Waals surface area contributed by atoms with Crippen molar-refractivity contribution in [1.29, 1.82) is 0 Å². The highest BCUT2D eigenvalue weighted by Gasteiger charge is 2.12. The first-order chi connectivity index (χ1) is 11.6. The summed E-state index contributed by atoms with van der Waals surface area (Å²) in [6.45, 7) is 6.87. The molecule has 0 atom stereocenters. The monoisotopic (exact) mass is 345 g/mol. The number of carbonyl (C=O) groups excluding carboxylic acids is 1. The van der Waals surface area contributed by atoms with Crippen molar-refractivity contribution in [3.8, 4) is 0 Å². The molecular formula is C17H23N5OS. The molecule has 128 valence electrons. The van der Waals surface area contributed by atoms with Crippen molar-refractivity contribution in [3.05, 3.63) is 34.8 Å². The van der Waals surface area contributed by atoms with Gasteiger partial charge in [0.05, 0.1) is 0 Å². The molecule has 2 amide bonds. The van der Waals surface area contributed by atoms with Crippen molar-refractivity contribution in [3.63, 3.8) is 0 Å². The van der Waals surface area contributed by atoms with Gasteiger partial charge in [0, 0.05) is 31.2 Å². The Morgan fingerprint density at radius 2 is 1.92 bits per heavy atom. The molecule has 6 nitrogen and oxygen atoms in total. The van der Waals surface area contributed by atoms with Gasteiger partial charge < -0.3 is 10.2 Å². The summed E-state index contributed by atoms with van der Waals surface area (Å²) in [4.78, 5) is 14.3. The van der Waals surface area contributed by atoms with E-state index in [0.29, 0.717) is 17.6 Å². The van der Waals surface area contributed by atoms with E-state index in [2.05, 4.69) is 63.8 Å². The number of urea groups is 1. The van der Waals surface area contributed by atoms with Crippen LogP contribution in [0, 0.1) is 0 Å². The highest BCUT2D eigenvalue weighted by atomic mass is 32.1. The molecule has 1 saturated heterocycles. The van der Waals surface area contributed by atoms with Crippen LogP contribution in [0.15, 0.2) is 24.3 Å². The molecule has 0 aliphatic carbocycles. The lowest BCUT2D eigenvalue weighted by molar-refractivity contribution is 0.251. The van der Waals surface area contributed by atoms with Gasteiger partial charge in [0.2, 0.25) is 5.13 Å². The Balaban J connectivity index is 1.48. The molecule has 1 aromatic carbocycles. The van der Waals surface area contributed by atoms with Crippen LogP contribution in [0.25, 0.3) is 0 Å². The summed E-state index contributed by atoms with van der Waals surface area (Å²) in [6, 6.07) is 8.12. The van der Waals surface area contributed by atoms with E-state index in [1.54, 1.807) is 0 Å². The second-order valence-corrected chi connectivity index (χ2v) is 7.28. The predicted molar refractivity (Wildman–Crippen MR) is 97.7 cm³/mol. The topological polar surface area (TPSA) is 70.1 Å². The van der Waals surface area contributed by atoms with Gasteiger partial charge in [-0.05, 0) is 30.5 Å². The van der Waals surface area contributed by atoms with Gasteiger partial charge in [-0.2, -0.15) is 0 Å². The maximum absolute atomic E-state index is 11.9. The number of hydrogen-bond donors (Lipinski definition) is 2. The Morgan fingerprint density at radius 3 is 2.54 bits per heavy atom. The number of aromatic nitrogens is 2. The zero-order valence-electron chi connectivity index (χ0n) is 14.1. The average molecular weight is 345 g/mol. The Hall–Kier alpha value is -2.15. The van der Waals surface area contributed by atoms with Crippen LogP contribution in [0.3, 0.4) is 0 Å². The van der Waals surface area contributed by atoms with E-state index in [9.17, 15) is 4.79 Å². The normalized spacial score (nSPS) is 14.2. The molecule has 0 saturated carbocycles. The molecule has 2 N–H and O–H groups in total. The van der Waals surface area contributed by atoms with Crippen LogP contribution in [0.2, 0.25) is 0 Å². The molecule has 7 heteroatoms. The second kappa shape index (κ2) is 7.61. The summed E-state index contributed by atoms with van der Waals surface area (Å²) in [7, 11) is 0. The van der Waals surface area contributed by atoms with Gasteiger partial charge in [0.15, 0.2) is 0 Å². The molecule has 2 aromatic rings. The van der Waals surface area contributed by atoms with Crippen LogP contribution in [0.5, 0.6) is 0 Å². The van der Waals surface area contributed by atoms with Crippen molar-refractivity contribution < 1.29 is 4.79 Å². The lowest BCUT2D eigenvalue weighted by Crippen LogP contribution is -2.28. The largest absolute Gasteiger partial charge is 0.372 e. The maximum atomic E-state index is 11.9. The Kier molecular flexibility index (Phi) is 5.30. The van der Waals surface area contributed by atoms with E-state index in [4.69, 9.17) is 0 Å². The third kappa shape index (κ3) is 4.23. The number of rotatable bonds is 5. The molecular weight excluding hydrogens is 322 g/mol. The third-order valence-corrected chi connectivity index (χ3v) is 5.15. The molecule has 0 bridgehead atoms. The van der Waals surface area contributed by atoms with Crippen molar-refractivity contribution in [1.82, 2.24) is 15.5 Å². The molecule has 1 fully saturated rings. The molecule has 0 spiro atoms. The van der Waals surface area contributed by atoms with Gasteiger partial charge in [0.1, 0.15) is 5.01 Å². The van der Waals surface area contributed by atoms with Gasteiger partial charge in [-0.1, -0.05) is 37.3 Å². The van der Waals surface area contributed by atoms with Crippen molar-refractivity contribution in [2.75, 3.05) is 23.3 Å². The second-order valence-electron chi connectivity index (χ2n) is 6.27. The lowest BCUT2D eigenvalue weighted by atomic mass is 10.2. The van der Waals surface area contributed by atoms with Crippen LogP contribution >= 0.6 is 11.3 Å². The van der Waals surface area contributed by atoms with Crippen LogP contribution in [-0.4, -0.2) is 29.3 Å². The smallest absolute Gasteiger partial charge is 0.321 e. The number of carbonyl (C=O) groups is 1. The SMILES string of the molecule is CC(C)c1nnc(NC(=O)NCc2ccc(N3CCCC3)cc2)s1. The fourth-order valence-corrected chi connectivity index (χ4v) is 3.38. The summed E-state index contributed by atoms with van der Waals surface area (Å²) in [5, 5.41) is 15.1. The minimum absolute atomic E-state index is 0.259. The summed E-state index contributed by atoms with van der Waals surface area (Å²) < 4.78 is 0. The molecule has 1 aliphatic rings. The van der Waals surface area contributed by atoms with Gasteiger partial charge in [-0.15, -0.1) is 10.2 Å². The Labute approximate surface area is 146 Å². The number of anilines is 2. The van der Waals surface area contributed by atoms with Crippen LogP contribution in [0.1, 0.15) is 43.2 Å². The number of hydrogen-bond acceptors (Lipinski definition) is 5. The summed E-state index contributed by atoms with van der Waals surface area (Å²) in [5.41, 5.74) is 2.34.